The number of nitrogens with two attached hydrogens (primary N) is 1. The molecule has 0 aliphatic carbocycles. The molecule has 1 aromatic heterocycles. The van der Waals surface area contributed by atoms with Crippen LogP contribution in [0.1, 0.15) is 0 Å². The van der Waals surface area contributed by atoms with Crippen LogP contribution < -0.4 is 5.73 Å². The second-order valence-electron chi connectivity index (χ2n) is 2.46. The van der Waals surface area contributed by atoms with Gasteiger partial charge in [-0.2, -0.15) is 0 Å². The summed E-state index contributed by atoms with van der Waals surface area (Å²) >= 11 is 10.9. The van der Waals surface area contributed by atoms with Gasteiger partial charge in [-0.1, -0.05) is 27.5 Å². The van der Waals surface area contributed by atoms with E-state index in [-0.39, 0.29) is 0 Å². The van der Waals surface area contributed by atoms with Crippen LogP contribution in [-0.2, 0) is 0 Å². The van der Waals surface area contributed by atoms with Gasteiger partial charge in [0.05, 0.1) is 15.4 Å². The third-order valence-electron chi connectivity index (χ3n) is 1.62. The summed E-state index contributed by atoms with van der Waals surface area (Å²) in [6, 6.07) is 3.85. The van der Waals surface area contributed by atoms with Crippen molar-refractivity contribution in [2.45, 2.75) is 0 Å². The van der Waals surface area contributed by atoms with E-state index >= 15 is 0 Å². The third-order valence-corrected chi connectivity index (χ3v) is 3.54. The van der Waals surface area contributed by atoms with E-state index in [1.165, 1.54) is 0 Å². The van der Waals surface area contributed by atoms with Gasteiger partial charge in [-0.3, -0.25) is 0 Å². The molecule has 2 N–H and O–H groups in total. The van der Waals surface area contributed by atoms with Crippen molar-refractivity contribution >= 4 is 54.6 Å². The molecule has 4 heteroatoms. The fourth-order valence-electron chi connectivity index (χ4n) is 1.08. The Morgan fingerprint density at radius 1 is 1.42 bits per heavy atom. The van der Waals surface area contributed by atoms with E-state index in [1.54, 1.807) is 11.3 Å². The average Bonchev–Trinajstić information content (AvgIpc) is 2.33. The lowest BCUT2D eigenvalue weighted by Gasteiger charge is -1.95. The van der Waals surface area contributed by atoms with Crippen molar-refractivity contribution in [3.05, 3.63) is 27.0 Å². The lowest BCUT2D eigenvalue weighted by Crippen LogP contribution is -1.80. The molecule has 0 radical (unpaired) electrons. The molecule has 2 aromatic rings. The van der Waals surface area contributed by atoms with Crippen molar-refractivity contribution in [1.82, 2.24) is 0 Å². The number of anilines is 1. The van der Waals surface area contributed by atoms with Crippen LogP contribution in [0.5, 0.6) is 0 Å². The summed E-state index contributed by atoms with van der Waals surface area (Å²) in [6.07, 6.45) is 0. The molecule has 0 atom stereocenters. The number of halogens is 2. The van der Waals surface area contributed by atoms with Crippen LogP contribution in [0.25, 0.3) is 10.1 Å². The van der Waals surface area contributed by atoms with Gasteiger partial charge in [0.1, 0.15) is 0 Å². The molecule has 0 spiro atoms. The molecule has 0 aliphatic rings. The summed E-state index contributed by atoms with van der Waals surface area (Å²) in [5, 5.41) is 3.68. The van der Waals surface area contributed by atoms with E-state index in [2.05, 4.69) is 15.9 Å². The van der Waals surface area contributed by atoms with E-state index in [9.17, 15) is 0 Å². The zero-order chi connectivity index (χ0) is 8.72. The predicted molar refractivity (Wildman–Crippen MR) is 58.9 cm³/mol. The Morgan fingerprint density at radius 2 is 2.17 bits per heavy atom. The van der Waals surface area contributed by atoms with Crippen LogP contribution in [0, 0.1) is 0 Å². The van der Waals surface area contributed by atoms with E-state index in [0.717, 1.165) is 25.3 Å². The first-order chi connectivity index (χ1) is 5.68. The molecule has 0 saturated carbocycles. The Bertz CT molecular complexity index is 438. The van der Waals surface area contributed by atoms with Crippen molar-refractivity contribution in [2.24, 2.45) is 0 Å². The topological polar surface area (TPSA) is 26.0 Å². The van der Waals surface area contributed by atoms with Crippen LogP contribution in [0.3, 0.4) is 0 Å². The predicted octanol–water partition coefficient (Wildman–Crippen LogP) is 3.90. The first-order valence-electron chi connectivity index (χ1n) is 3.30. The largest absolute Gasteiger partial charge is 0.398 e. The standard InChI is InChI=1S/C8H5BrClNS/c9-4-1-5-7(11)3-12-8(5)6(10)2-4/h1-3H,11H2. The number of thiophene rings is 1. The summed E-state index contributed by atoms with van der Waals surface area (Å²) in [5.74, 6) is 0. The van der Waals surface area contributed by atoms with Gasteiger partial charge in [-0.25, -0.2) is 0 Å². The lowest BCUT2D eigenvalue weighted by molar-refractivity contribution is 1.76. The van der Waals surface area contributed by atoms with Gasteiger partial charge in [0, 0.05) is 15.2 Å². The number of rotatable bonds is 0. The molecule has 0 unspecified atom stereocenters. The molecule has 0 bridgehead atoms. The van der Waals surface area contributed by atoms with Crippen LogP contribution >= 0.6 is 38.9 Å². The SMILES string of the molecule is Nc1csc2c(Cl)cc(Br)cc12. The number of hydrogen-bond acceptors (Lipinski definition) is 2. The molecule has 2 rings (SSSR count). The smallest absolute Gasteiger partial charge is 0.0596 e. The van der Waals surface area contributed by atoms with E-state index in [4.69, 9.17) is 17.3 Å². The van der Waals surface area contributed by atoms with Crippen molar-refractivity contribution in [3.8, 4) is 0 Å². The van der Waals surface area contributed by atoms with Gasteiger partial charge in [-0.15, -0.1) is 11.3 Å². The molecule has 1 nitrogen and oxygen atoms in total. The zero-order valence-corrected chi connectivity index (χ0v) is 9.13. The minimum atomic E-state index is 0.751. The van der Waals surface area contributed by atoms with Crippen molar-refractivity contribution < 1.29 is 0 Å². The van der Waals surface area contributed by atoms with Crippen molar-refractivity contribution in [1.29, 1.82) is 0 Å². The summed E-state index contributed by atoms with van der Waals surface area (Å²) in [4.78, 5) is 0. The Balaban J connectivity index is 2.92. The van der Waals surface area contributed by atoms with Crippen LogP contribution in [0.2, 0.25) is 5.02 Å². The molecular formula is C8H5BrClNS. The van der Waals surface area contributed by atoms with Gasteiger partial charge in [0.15, 0.2) is 0 Å². The maximum absolute atomic E-state index is 6.00. The zero-order valence-electron chi connectivity index (χ0n) is 5.97. The molecule has 0 fully saturated rings. The van der Waals surface area contributed by atoms with Crippen LogP contribution in [0.15, 0.2) is 22.0 Å². The maximum atomic E-state index is 6.00. The minimum Gasteiger partial charge on any atom is -0.398 e. The van der Waals surface area contributed by atoms with Gasteiger partial charge in [0.25, 0.3) is 0 Å². The van der Waals surface area contributed by atoms with Gasteiger partial charge >= 0.3 is 0 Å². The maximum Gasteiger partial charge on any atom is 0.0596 e. The number of fused-ring (bicyclic) bond motifs is 1. The van der Waals surface area contributed by atoms with Gasteiger partial charge in [0.2, 0.25) is 0 Å². The second kappa shape index (κ2) is 2.91. The molecule has 62 valence electrons. The Labute approximate surface area is 87.3 Å². The Hall–Kier alpha value is -0.250. The highest BCUT2D eigenvalue weighted by molar-refractivity contribution is 9.10. The second-order valence-corrected chi connectivity index (χ2v) is 4.66. The van der Waals surface area contributed by atoms with Crippen LogP contribution in [-0.4, -0.2) is 0 Å². The first-order valence-corrected chi connectivity index (χ1v) is 5.35. The van der Waals surface area contributed by atoms with E-state index in [0.29, 0.717) is 0 Å². The molecule has 0 saturated heterocycles. The quantitative estimate of drug-likeness (QED) is 0.765. The highest BCUT2D eigenvalue weighted by Crippen LogP contribution is 2.36. The molecular weight excluding hydrogens is 258 g/mol. The van der Waals surface area contributed by atoms with E-state index in [1.807, 2.05) is 17.5 Å². The number of hydrogen-bond donors (Lipinski definition) is 1. The summed E-state index contributed by atoms with van der Waals surface area (Å²) in [5.41, 5.74) is 6.53. The minimum absolute atomic E-state index is 0.751. The fraction of sp³-hybridized carbons (Fsp3) is 0. The molecule has 0 aliphatic heterocycles. The third kappa shape index (κ3) is 1.22. The van der Waals surface area contributed by atoms with Crippen molar-refractivity contribution in [2.75, 3.05) is 5.73 Å². The monoisotopic (exact) mass is 261 g/mol. The summed E-state index contributed by atoms with van der Waals surface area (Å²) in [7, 11) is 0. The molecule has 12 heavy (non-hydrogen) atoms. The summed E-state index contributed by atoms with van der Waals surface area (Å²) < 4.78 is 2.02. The molecule has 1 heterocycles. The number of nitrogen functional groups attached to an aromatic ring is 1. The molecule has 0 amide bonds. The normalized spacial score (nSPS) is 10.8. The van der Waals surface area contributed by atoms with Gasteiger partial charge in [-0.05, 0) is 12.1 Å². The fourth-order valence-corrected chi connectivity index (χ4v) is 2.87. The summed E-state index contributed by atoms with van der Waals surface area (Å²) in [6.45, 7) is 0. The van der Waals surface area contributed by atoms with Crippen LogP contribution in [0.4, 0.5) is 5.69 Å². The number of benzene rings is 1. The highest BCUT2D eigenvalue weighted by Gasteiger charge is 2.05. The Morgan fingerprint density at radius 3 is 2.92 bits per heavy atom. The first kappa shape index (κ1) is 8.35. The average molecular weight is 263 g/mol. The van der Waals surface area contributed by atoms with E-state index < -0.39 is 0 Å². The highest BCUT2D eigenvalue weighted by atomic mass is 79.9. The lowest BCUT2D eigenvalue weighted by atomic mass is 10.2. The Kier molecular flexibility index (Phi) is 2.02. The van der Waals surface area contributed by atoms with Gasteiger partial charge < -0.3 is 5.73 Å². The molecule has 1 aromatic carbocycles. The van der Waals surface area contributed by atoms with Crippen molar-refractivity contribution in [3.63, 3.8) is 0 Å².